The fraction of sp³-hybridized carbons (Fsp3) is 0.500. The van der Waals surface area contributed by atoms with E-state index >= 15 is 0 Å². The predicted octanol–water partition coefficient (Wildman–Crippen LogP) is 1.55. The van der Waals surface area contributed by atoms with Gasteiger partial charge >= 0.3 is 0 Å². The second-order valence-electron chi connectivity index (χ2n) is 4.97. The summed E-state index contributed by atoms with van der Waals surface area (Å²) < 4.78 is 18.6. The van der Waals surface area contributed by atoms with Crippen LogP contribution in [0.25, 0.3) is 0 Å². The topological polar surface area (TPSA) is 41.6 Å². The number of rotatable bonds is 1. The molecule has 1 aromatic carbocycles. The molecule has 2 aliphatic rings. The summed E-state index contributed by atoms with van der Waals surface area (Å²) in [4.78, 5) is 14.3. The fourth-order valence-electron chi connectivity index (χ4n) is 2.71. The van der Waals surface area contributed by atoms with Gasteiger partial charge in [-0.3, -0.25) is 4.79 Å². The fourth-order valence-corrected chi connectivity index (χ4v) is 2.71. The van der Waals surface area contributed by atoms with Gasteiger partial charge in [0.05, 0.1) is 12.2 Å². The third-order valence-corrected chi connectivity index (χ3v) is 3.74. The molecule has 19 heavy (non-hydrogen) atoms. The zero-order chi connectivity index (χ0) is 13.2. The Balaban J connectivity index is 1.84. The van der Waals surface area contributed by atoms with E-state index in [0.29, 0.717) is 24.6 Å². The van der Waals surface area contributed by atoms with Crippen molar-refractivity contribution in [3.05, 3.63) is 24.0 Å². The standard InChI is InChI=1S/C14H17FN2O2/c15-11-1-2-12-13(9-11)19-8-7-17(12)14(18)10-3-5-16-6-4-10/h1-2,9-10,16H,3-8H2. The van der Waals surface area contributed by atoms with Crippen molar-refractivity contribution in [2.45, 2.75) is 12.8 Å². The first-order valence-corrected chi connectivity index (χ1v) is 6.70. The SMILES string of the molecule is O=C(C1CCNCC1)N1CCOc2cc(F)ccc21. The van der Waals surface area contributed by atoms with Crippen molar-refractivity contribution in [1.82, 2.24) is 5.32 Å². The van der Waals surface area contributed by atoms with Crippen LogP contribution < -0.4 is 15.0 Å². The zero-order valence-corrected chi connectivity index (χ0v) is 10.7. The van der Waals surface area contributed by atoms with Gasteiger partial charge in [-0.1, -0.05) is 0 Å². The van der Waals surface area contributed by atoms with Crippen molar-refractivity contribution in [1.29, 1.82) is 0 Å². The molecule has 2 heterocycles. The number of carbonyl (C=O) groups is 1. The van der Waals surface area contributed by atoms with Gasteiger partial charge in [0.15, 0.2) is 0 Å². The first-order chi connectivity index (χ1) is 9.25. The molecule has 0 aliphatic carbocycles. The average molecular weight is 264 g/mol. The zero-order valence-electron chi connectivity index (χ0n) is 10.7. The summed E-state index contributed by atoms with van der Waals surface area (Å²) in [7, 11) is 0. The molecule has 0 atom stereocenters. The molecule has 2 aliphatic heterocycles. The van der Waals surface area contributed by atoms with Crippen molar-refractivity contribution in [3.63, 3.8) is 0 Å². The highest BCUT2D eigenvalue weighted by Gasteiger charge is 2.30. The molecule has 1 N–H and O–H groups in total. The van der Waals surface area contributed by atoms with Crippen LogP contribution in [0.3, 0.4) is 0 Å². The van der Waals surface area contributed by atoms with E-state index in [2.05, 4.69) is 5.32 Å². The molecule has 1 amide bonds. The maximum absolute atomic E-state index is 13.2. The Hall–Kier alpha value is -1.62. The van der Waals surface area contributed by atoms with Crippen LogP contribution in [0.2, 0.25) is 0 Å². The Kier molecular flexibility index (Phi) is 3.38. The number of fused-ring (bicyclic) bond motifs is 1. The average Bonchev–Trinajstić information content (AvgIpc) is 2.46. The van der Waals surface area contributed by atoms with Gasteiger partial charge < -0.3 is 15.0 Å². The Morgan fingerprint density at radius 2 is 2.16 bits per heavy atom. The lowest BCUT2D eigenvalue weighted by molar-refractivity contribution is -0.123. The molecule has 1 aromatic rings. The van der Waals surface area contributed by atoms with E-state index in [4.69, 9.17) is 4.74 Å². The summed E-state index contributed by atoms with van der Waals surface area (Å²) >= 11 is 0. The number of nitrogens with zero attached hydrogens (tertiary/aromatic N) is 1. The van der Waals surface area contributed by atoms with E-state index < -0.39 is 0 Å². The number of anilines is 1. The number of piperidine rings is 1. The van der Waals surface area contributed by atoms with E-state index in [1.165, 1.54) is 12.1 Å². The molecule has 0 radical (unpaired) electrons. The summed E-state index contributed by atoms with van der Waals surface area (Å²) in [6.07, 6.45) is 1.74. The van der Waals surface area contributed by atoms with Crippen molar-refractivity contribution < 1.29 is 13.9 Å². The minimum atomic E-state index is -0.338. The monoisotopic (exact) mass is 264 g/mol. The normalized spacial score (nSPS) is 19.7. The highest BCUT2D eigenvalue weighted by molar-refractivity contribution is 5.96. The molecule has 0 aromatic heterocycles. The Morgan fingerprint density at radius 1 is 1.37 bits per heavy atom. The quantitative estimate of drug-likeness (QED) is 0.836. The van der Waals surface area contributed by atoms with E-state index in [9.17, 15) is 9.18 Å². The van der Waals surface area contributed by atoms with Crippen molar-refractivity contribution in [2.24, 2.45) is 5.92 Å². The Morgan fingerprint density at radius 3 is 2.95 bits per heavy atom. The van der Waals surface area contributed by atoms with Crippen LogP contribution in [0.1, 0.15) is 12.8 Å². The number of nitrogens with one attached hydrogen (secondary N) is 1. The molecule has 4 nitrogen and oxygen atoms in total. The smallest absolute Gasteiger partial charge is 0.230 e. The molecule has 102 valence electrons. The van der Waals surface area contributed by atoms with Crippen LogP contribution in [-0.2, 0) is 4.79 Å². The highest BCUT2D eigenvalue weighted by atomic mass is 19.1. The van der Waals surface area contributed by atoms with Gasteiger partial charge in [0.1, 0.15) is 18.2 Å². The number of amides is 1. The van der Waals surface area contributed by atoms with E-state index in [0.717, 1.165) is 25.9 Å². The number of hydrogen-bond donors (Lipinski definition) is 1. The maximum atomic E-state index is 13.2. The van der Waals surface area contributed by atoms with E-state index in [1.54, 1.807) is 11.0 Å². The van der Waals surface area contributed by atoms with Crippen LogP contribution in [0, 0.1) is 11.7 Å². The highest BCUT2D eigenvalue weighted by Crippen LogP contribution is 2.33. The van der Waals surface area contributed by atoms with Crippen LogP contribution in [0.15, 0.2) is 18.2 Å². The van der Waals surface area contributed by atoms with Gasteiger partial charge in [-0.05, 0) is 38.1 Å². The number of ether oxygens (including phenoxy) is 1. The molecule has 3 rings (SSSR count). The third-order valence-electron chi connectivity index (χ3n) is 3.74. The van der Waals surface area contributed by atoms with Gasteiger partial charge in [-0.25, -0.2) is 4.39 Å². The number of halogens is 1. The first kappa shape index (κ1) is 12.4. The summed E-state index contributed by atoms with van der Waals surface area (Å²) in [6.45, 7) is 2.74. The molecule has 1 fully saturated rings. The molecular weight excluding hydrogens is 247 g/mol. The van der Waals surface area contributed by atoms with Gasteiger partial charge in [-0.15, -0.1) is 0 Å². The van der Waals surface area contributed by atoms with Crippen LogP contribution in [0.4, 0.5) is 10.1 Å². The number of carbonyl (C=O) groups excluding carboxylic acids is 1. The maximum Gasteiger partial charge on any atom is 0.230 e. The Labute approximate surface area is 111 Å². The Bertz CT molecular complexity index is 486. The van der Waals surface area contributed by atoms with Crippen LogP contribution in [-0.4, -0.2) is 32.1 Å². The molecular formula is C14H17FN2O2. The number of benzene rings is 1. The van der Waals surface area contributed by atoms with Crippen molar-refractivity contribution in [3.8, 4) is 5.75 Å². The predicted molar refractivity (Wildman–Crippen MR) is 69.8 cm³/mol. The summed E-state index contributed by atoms with van der Waals surface area (Å²) in [5, 5.41) is 3.25. The van der Waals surface area contributed by atoms with Crippen LogP contribution in [0.5, 0.6) is 5.75 Å². The summed E-state index contributed by atoms with van der Waals surface area (Å²) in [5.41, 5.74) is 0.691. The minimum absolute atomic E-state index is 0.0669. The molecule has 1 saturated heterocycles. The van der Waals surface area contributed by atoms with Gasteiger partial charge in [0.2, 0.25) is 5.91 Å². The molecule has 0 bridgehead atoms. The van der Waals surface area contributed by atoms with Gasteiger partial charge in [0, 0.05) is 12.0 Å². The first-order valence-electron chi connectivity index (χ1n) is 6.70. The molecule has 0 saturated carbocycles. The lowest BCUT2D eigenvalue weighted by Crippen LogP contribution is -2.44. The second-order valence-corrected chi connectivity index (χ2v) is 4.97. The largest absolute Gasteiger partial charge is 0.489 e. The third kappa shape index (κ3) is 2.42. The van der Waals surface area contributed by atoms with E-state index in [-0.39, 0.29) is 17.6 Å². The van der Waals surface area contributed by atoms with E-state index in [1.807, 2.05) is 0 Å². The lowest BCUT2D eigenvalue weighted by atomic mass is 9.96. The lowest BCUT2D eigenvalue weighted by Gasteiger charge is -2.33. The van der Waals surface area contributed by atoms with Gasteiger partial charge in [0.25, 0.3) is 0 Å². The van der Waals surface area contributed by atoms with Gasteiger partial charge in [-0.2, -0.15) is 0 Å². The minimum Gasteiger partial charge on any atom is -0.489 e. The van der Waals surface area contributed by atoms with Crippen molar-refractivity contribution in [2.75, 3.05) is 31.1 Å². The molecule has 5 heteroatoms. The number of hydrogen-bond acceptors (Lipinski definition) is 3. The molecule has 0 spiro atoms. The summed E-state index contributed by atoms with van der Waals surface area (Å²) in [5.74, 6) is 0.332. The van der Waals surface area contributed by atoms with Crippen LogP contribution >= 0.6 is 0 Å². The molecule has 0 unspecified atom stereocenters. The second kappa shape index (κ2) is 5.17. The van der Waals surface area contributed by atoms with Crippen molar-refractivity contribution >= 4 is 11.6 Å². The summed E-state index contributed by atoms with van der Waals surface area (Å²) in [6, 6.07) is 4.34.